The molecule has 0 atom stereocenters. The molecule has 0 aliphatic carbocycles. The van der Waals surface area contributed by atoms with Crippen LogP contribution in [0.5, 0.6) is 0 Å². The summed E-state index contributed by atoms with van der Waals surface area (Å²) in [5.74, 6) is -0.0136. The minimum atomic E-state index is -0.943. The Bertz CT molecular complexity index is 803. The van der Waals surface area contributed by atoms with Gasteiger partial charge in [-0.2, -0.15) is 0 Å². The molecule has 3 heterocycles. The summed E-state index contributed by atoms with van der Waals surface area (Å²) in [6.45, 7) is 2.00. The van der Waals surface area contributed by atoms with Gasteiger partial charge in [0.2, 0.25) is 5.89 Å². The summed E-state index contributed by atoms with van der Waals surface area (Å²) in [4.78, 5) is 18.2. The van der Waals surface area contributed by atoms with Crippen molar-refractivity contribution in [2.24, 2.45) is 0 Å². The number of aliphatic carboxylic acids is 1. The number of aromatic nitrogens is 1. The normalized spacial score (nSPS) is 11.0. The van der Waals surface area contributed by atoms with Crippen LogP contribution in [-0.2, 0) is 11.2 Å². The number of hydrogen-bond acceptors (Lipinski definition) is 5. The Labute approximate surface area is 133 Å². The van der Waals surface area contributed by atoms with Crippen LogP contribution in [0.4, 0.5) is 0 Å². The first-order valence-electron chi connectivity index (χ1n) is 6.07. The zero-order chi connectivity index (χ0) is 15.0. The molecule has 3 rings (SSSR count). The van der Waals surface area contributed by atoms with Crippen LogP contribution in [0.15, 0.2) is 28.7 Å². The topological polar surface area (TPSA) is 63.3 Å². The molecule has 0 saturated heterocycles. The summed E-state index contributed by atoms with van der Waals surface area (Å²) in [5.41, 5.74) is 0.419. The number of nitrogens with zero attached hydrogens (tertiary/aromatic N) is 1. The molecule has 108 valence electrons. The Kier molecular flexibility index (Phi) is 3.84. The second-order valence-electron chi connectivity index (χ2n) is 4.38. The molecule has 21 heavy (non-hydrogen) atoms. The molecule has 0 bridgehead atoms. The standard InChI is InChI=1S/C14H10ClNO3S2/c1-7-2-3-10(20-7)14-16-8(6-12(17)18)13(19-14)9-4-5-11(15)21-9/h2-5H,6H2,1H3,(H,17,18). The van der Waals surface area contributed by atoms with Gasteiger partial charge in [0.05, 0.1) is 26.2 Å². The van der Waals surface area contributed by atoms with E-state index in [4.69, 9.17) is 21.1 Å². The van der Waals surface area contributed by atoms with E-state index in [-0.39, 0.29) is 6.42 Å². The summed E-state index contributed by atoms with van der Waals surface area (Å²) < 4.78 is 6.42. The van der Waals surface area contributed by atoms with Crippen LogP contribution in [0.1, 0.15) is 10.6 Å². The Morgan fingerprint density at radius 2 is 2.05 bits per heavy atom. The molecular formula is C14H10ClNO3S2. The highest BCUT2D eigenvalue weighted by molar-refractivity contribution is 7.19. The van der Waals surface area contributed by atoms with E-state index in [1.807, 2.05) is 25.1 Å². The molecule has 0 radical (unpaired) electrons. The number of halogens is 1. The van der Waals surface area contributed by atoms with Crippen LogP contribution in [0.3, 0.4) is 0 Å². The van der Waals surface area contributed by atoms with E-state index in [1.165, 1.54) is 11.3 Å². The number of carbonyl (C=O) groups is 1. The fourth-order valence-corrected chi connectivity index (χ4v) is 3.74. The van der Waals surface area contributed by atoms with Crippen LogP contribution in [0.2, 0.25) is 4.34 Å². The van der Waals surface area contributed by atoms with Crippen LogP contribution >= 0.6 is 34.3 Å². The van der Waals surface area contributed by atoms with E-state index in [2.05, 4.69) is 4.98 Å². The van der Waals surface area contributed by atoms with Crippen LogP contribution in [0.25, 0.3) is 21.4 Å². The SMILES string of the molecule is Cc1ccc(-c2nc(CC(=O)O)c(-c3ccc(Cl)s3)o2)s1. The number of carboxylic acid groups (broad SMARTS) is 1. The molecule has 0 aromatic carbocycles. The summed E-state index contributed by atoms with van der Waals surface area (Å²) in [6.07, 6.45) is -0.182. The minimum Gasteiger partial charge on any atom is -0.481 e. The number of thiophene rings is 2. The molecule has 7 heteroatoms. The number of rotatable bonds is 4. The molecule has 0 spiro atoms. The Hall–Kier alpha value is -1.63. The van der Waals surface area contributed by atoms with Gasteiger partial charge in [0, 0.05) is 4.88 Å². The molecule has 0 fully saturated rings. The summed E-state index contributed by atoms with van der Waals surface area (Å²) in [6, 6.07) is 7.45. The average molecular weight is 340 g/mol. The lowest BCUT2D eigenvalue weighted by Crippen LogP contribution is -2.01. The van der Waals surface area contributed by atoms with E-state index in [0.29, 0.717) is 21.7 Å². The van der Waals surface area contributed by atoms with Crippen molar-refractivity contribution in [3.05, 3.63) is 39.2 Å². The quantitative estimate of drug-likeness (QED) is 0.747. The zero-order valence-electron chi connectivity index (χ0n) is 10.9. The molecular weight excluding hydrogens is 330 g/mol. The number of carboxylic acids is 1. The van der Waals surface area contributed by atoms with Crippen molar-refractivity contribution in [3.8, 4) is 21.4 Å². The highest BCUT2D eigenvalue weighted by Crippen LogP contribution is 2.37. The first-order valence-corrected chi connectivity index (χ1v) is 8.08. The second-order valence-corrected chi connectivity index (χ2v) is 7.38. The molecule has 0 unspecified atom stereocenters. The van der Waals surface area contributed by atoms with E-state index in [1.54, 1.807) is 17.4 Å². The van der Waals surface area contributed by atoms with Gasteiger partial charge in [-0.05, 0) is 31.2 Å². The number of aryl methyl sites for hydroxylation is 1. The summed E-state index contributed by atoms with van der Waals surface area (Å²) in [7, 11) is 0. The van der Waals surface area contributed by atoms with Gasteiger partial charge in [-0.25, -0.2) is 4.98 Å². The fraction of sp³-hybridized carbons (Fsp3) is 0.143. The van der Waals surface area contributed by atoms with Gasteiger partial charge in [-0.3, -0.25) is 4.79 Å². The highest BCUT2D eigenvalue weighted by atomic mass is 35.5. The first kappa shape index (κ1) is 14.3. The van der Waals surface area contributed by atoms with Crippen molar-refractivity contribution in [2.75, 3.05) is 0 Å². The molecule has 3 aromatic rings. The third-order valence-corrected chi connectivity index (χ3v) is 4.98. The molecule has 0 amide bonds. The van der Waals surface area contributed by atoms with E-state index < -0.39 is 5.97 Å². The summed E-state index contributed by atoms with van der Waals surface area (Å²) >= 11 is 8.83. The predicted molar refractivity (Wildman–Crippen MR) is 84.2 cm³/mol. The number of oxazole rings is 1. The van der Waals surface area contributed by atoms with Crippen molar-refractivity contribution in [1.82, 2.24) is 4.98 Å². The molecule has 0 aliphatic heterocycles. The Balaban J connectivity index is 2.08. The van der Waals surface area contributed by atoms with Crippen LogP contribution in [-0.4, -0.2) is 16.1 Å². The maximum Gasteiger partial charge on any atom is 0.309 e. The molecule has 1 N–H and O–H groups in total. The minimum absolute atomic E-state index is 0.182. The third-order valence-electron chi connectivity index (χ3n) is 2.76. The van der Waals surface area contributed by atoms with E-state index in [0.717, 1.165) is 14.6 Å². The maximum atomic E-state index is 11.0. The van der Waals surface area contributed by atoms with Gasteiger partial charge in [-0.15, -0.1) is 22.7 Å². The monoisotopic (exact) mass is 339 g/mol. The van der Waals surface area contributed by atoms with Crippen molar-refractivity contribution in [1.29, 1.82) is 0 Å². The summed E-state index contributed by atoms with van der Waals surface area (Å²) in [5, 5.41) is 9.03. The molecule has 4 nitrogen and oxygen atoms in total. The average Bonchev–Trinajstić information content (AvgIpc) is 3.09. The van der Waals surface area contributed by atoms with Crippen molar-refractivity contribution < 1.29 is 14.3 Å². The maximum absolute atomic E-state index is 11.0. The second kappa shape index (κ2) is 5.63. The van der Waals surface area contributed by atoms with Gasteiger partial charge >= 0.3 is 5.97 Å². The largest absolute Gasteiger partial charge is 0.481 e. The van der Waals surface area contributed by atoms with Gasteiger partial charge in [0.25, 0.3) is 0 Å². The lowest BCUT2D eigenvalue weighted by molar-refractivity contribution is -0.136. The Morgan fingerprint density at radius 1 is 1.29 bits per heavy atom. The van der Waals surface area contributed by atoms with Gasteiger partial charge < -0.3 is 9.52 Å². The van der Waals surface area contributed by atoms with Crippen molar-refractivity contribution >= 4 is 40.2 Å². The molecule has 0 saturated carbocycles. The van der Waals surface area contributed by atoms with Crippen LogP contribution < -0.4 is 0 Å². The van der Waals surface area contributed by atoms with Gasteiger partial charge in [-0.1, -0.05) is 11.6 Å². The van der Waals surface area contributed by atoms with E-state index >= 15 is 0 Å². The lowest BCUT2D eigenvalue weighted by Gasteiger charge is -1.94. The predicted octanol–water partition coefficient (Wildman–Crippen LogP) is 4.72. The van der Waals surface area contributed by atoms with Gasteiger partial charge in [0.1, 0.15) is 0 Å². The fourth-order valence-electron chi connectivity index (χ4n) is 1.90. The van der Waals surface area contributed by atoms with Crippen molar-refractivity contribution in [2.45, 2.75) is 13.3 Å². The Morgan fingerprint density at radius 3 is 2.62 bits per heavy atom. The highest BCUT2D eigenvalue weighted by Gasteiger charge is 2.20. The number of hydrogen-bond donors (Lipinski definition) is 1. The van der Waals surface area contributed by atoms with Crippen molar-refractivity contribution in [3.63, 3.8) is 0 Å². The van der Waals surface area contributed by atoms with E-state index in [9.17, 15) is 4.79 Å². The lowest BCUT2D eigenvalue weighted by atomic mass is 10.2. The smallest absolute Gasteiger partial charge is 0.309 e. The van der Waals surface area contributed by atoms with Crippen LogP contribution in [0, 0.1) is 6.92 Å². The zero-order valence-corrected chi connectivity index (χ0v) is 13.3. The first-order chi connectivity index (χ1) is 10.0. The third kappa shape index (κ3) is 3.02. The molecule has 0 aliphatic rings. The molecule has 3 aromatic heterocycles. The van der Waals surface area contributed by atoms with Gasteiger partial charge in [0.15, 0.2) is 5.76 Å².